The van der Waals surface area contributed by atoms with Crippen molar-refractivity contribution in [1.82, 2.24) is 9.88 Å². The lowest BCUT2D eigenvalue weighted by molar-refractivity contribution is -0.122. The fourth-order valence-electron chi connectivity index (χ4n) is 3.04. The molecule has 1 saturated carbocycles. The Morgan fingerprint density at radius 3 is 2.52 bits per heavy atom. The largest absolute Gasteiger partial charge is 0.354 e. The summed E-state index contributed by atoms with van der Waals surface area (Å²) in [5.41, 5.74) is 1.15. The van der Waals surface area contributed by atoms with Crippen LogP contribution >= 0.6 is 15.9 Å². The number of hydrogen-bond acceptors (Lipinski definition) is 2. The Morgan fingerprint density at radius 2 is 1.91 bits per heavy atom. The van der Waals surface area contributed by atoms with Gasteiger partial charge in [-0.15, -0.1) is 0 Å². The molecule has 1 heterocycles. The lowest BCUT2D eigenvalue weighted by atomic mass is 9.64. The number of aromatic nitrogens is 1. The summed E-state index contributed by atoms with van der Waals surface area (Å²) in [6.45, 7) is 0.686. The second-order valence-electron chi connectivity index (χ2n) is 6.08. The molecule has 1 aliphatic carbocycles. The normalized spacial score (nSPS) is 15.7. The molecule has 0 aliphatic heterocycles. The van der Waals surface area contributed by atoms with E-state index in [1.54, 1.807) is 18.3 Å². The molecule has 4 nitrogen and oxygen atoms in total. The Bertz CT molecular complexity index is 748. The number of benzene rings is 1. The fourth-order valence-corrected chi connectivity index (χ4v) is 3.31. The Kier molecular flexibility index (Phi) is 4.66. The lowest BCUT2D eigenvalue weighted by Crippen LogP contribution is -2.46. The number of amides is 1. The third-order valence-electron chi connectivity index (χ3n) is 4.60. The van der Waals surface area contributed by atoms with Crippen LogP contribution in [-0.2, 0) is 16.8 Å². The summed E-state index contributed by atoms with van der Waals surface area (Å²) in [5.74, 6) is -0.123. The highest BCUT2D eigenvalue weighted by molar-refractivity contribution is 9.10. The topological polar surface area (TPSA) is 51.1 Å². The SMILES string of the molecule is O=C(Cn1ccccc1=O)NCC1(c2ccc(Br)cc2)CCC1. The standard InChI is InChI=1S/C18H19BrN2O2/c19-15-7-5-14(6-8-15)18(9-3-10-18)13-20-16(22)12-21-11-2-1-4-17(21)23/h1-2,4-8,11H,3,9-10,12-13H2,(H,20,22). The van der Waals surface area contributed by atoms with Crippen LogP contribution < -0.4 is 10.9 Å². The van der Waals surface area contributed by atoms with E-state index in [9.17, 15) is 9.59 Å². The quantitative estimate of drug-likeness (QED) is 0.874. The first-order valence-electron chi connectivity index (χ1n) is 7.77. The molecule has 1 fully saturated rings. The molecule has 0 bridgehead atoms. The molecule has 5 heteroatoms. The molecular formula is C18H19BrN2O2. The molecule has 1 aromatic carbocycles. The molecule has 120 valence electrons. The van der Waals surface area contributed by atoms with E-state index < -0.39 is 0 Å². The minimum absolute atomic E-state index is 0.0397. The predicted octanol–water partition coefficient (Wildman–Crippen LogP) is 2.85. The van der Waals surface area contributed by atoms with Crippen LogP contribution in [0.3, 0.4) is 0 Å². The van der Waals surface area contributed by atoms with E-state index in [2.05, 4.69) is 33.4 Å². The maximum Gasteiger partial charge on any atom is 0.250 e. The monoisotopic (exact) mass is 374 g/mol. The summed E-state index contributed by atoms with van der Waals surface area (Å²) >= 11 is 3.46. The molecule has 0 spiro atoms. The number of pyridine rings is 1. The fraction of sp³-hybridized carbons (Fsp3) is 0.333. The van der Waals surface area contributed by atoms with E-state index >= 15 is 0 Å². The van der Waals surface area contributed by atoms with Crippen molar-refractivity contribution in [1.29, 1.82) is 0 Å². The van der Waals surface area contributed by atoms with Crippen molar-refractivity contribution < 1.29 is 4.79 Å². The summed E-state index contributed by atoms with van der Waals surface area (Å²) in [6, 6.07) is 13.2. The number of rotatable bonds is 5. The summed E-state index contributed by atoms with van der Waals surface area (Å²) in [5, 5.41) is 3.00. The molecule has 0 unspecified atom stereocenters. The van der Waals surface area contributed by atoms with Gasteiger partial charge in [-0.3, -0.25) is 9.59 Å². The zero-order valence-electron chi connectivity index (χ0n) is 12.8. The van der Waals surface area contributed by atoms with Crippen LogP contribution in [0.25, 0.3) is 0 Å². The molecular weight excluding hydrogens is 356 g/mol. The van der Waals surface area contributed by atoms with Crippen LogP contribution in [0.4, 0.5) is 0 Å². The average Bonchev–Trinajstić information content (AvgIpc) is 2.50. The Labute approximate surface area is 143 Å². The van der Waals surface area contributed by atoms with Crippen molar-refractivity contribution in [2.45, 2.75) is 31.2 Å². The molecule has 1 aliphatic rings. The average molecular weight is 375 g/mol. The van der Waals surface area contributed by atoms with Gasteiger partial charge in [0.2, 0.25) is 5.91 Å². The van der Waals surface area contributed by atoms with E-state index in [0.717, 1.165) is 17.3 Å². The van der Waals surface area contributed by atoms with Crippen LogP contribution in [-0.4, -0.2) is 17.0 Å². The molecule has 2 aromatic rings. The maximum atomic E-state index is 12.2. The molecule has 23 heavy (non-hydrogen) atoms. The Morgan fingerprint density at radius 1 is 1.17 bits per heavy atom. The molecule has 1 amide bonds. The molecule has 0 saturated heterocycles. The van der Waals surface area contributed by atoms with Gasteiger partial charge in [0, 0.05) is 28.7 Å². The minimum Gasteiger partial charge on any atom is -0.354 e. The number of nitrogens with zero attached hydrogens (tertiary/aromatic N) is 1. The van der Waals surface area contributed by atoms with Gasteiger partial charge in [-0.05, 0) is 36.6 Å². The van der Waals surface area contributed by atoms with Gasteiger partial charge in [-0.2, -0.15) is 0 Å². The van der Waals surface area contributed by atoms with Gasteiger partial charge in [0.05, 0.1) is 0 Å². The number of halogens is 1. The van der Waals surface area contributed by atoms with Crippen molar-refractivity contribution in [2.75, 3.05) is 6.54 Å². The van der Waals surface area contributed by atoms with E-state index in [0.29, 0.717) is 6.54 Å². The van der Waals surface area contributed by atoms with Crippen molar-refractivity contribution in [3.05, 3.63) is 69.1 Å². The zero-order chi connectivity index (χ0) is 16.3. The molecule has 0 radical (unpaired) electrons. The van der Waals surface area contributed by atoms with Crippen molar-refractivity contribution >= 4 is 21.8 Å². The number of hydrogen-bond donors (Lipinski definition) is 1. The highest BCUT2D eigenvalue weighted by Crippen LogP contribution is 2.43. The van der Waals surface area contributed by atoms with E-state index in [1.807, 2.05) is 12.1 Å². The highest BCUT2D eigenvalue weighted by atomic mass is 79.9. The summed E-state index contributed by atoms with van der Waals surface area (Å²) in [7, 11) is 0. The van der Waals surface area contributed by atoms with Gasteiger partial charge in [-0.1, -0.05) is 40.5 Å². The van der Waals surface area contributed by atoms with Crippen LogP contribution in [0.5, 0.6) is 0 Å². The smallest absolute Gasteiger partial charge is 0.250 e. The summed E-state index contributed by atoms with van der Waals surface area (Å²) < 4.78 is 2.48. The second-order valence-corrected chi connectivity index (χ2v) is 7.00. The first kappa shape index (κ1) is 16.0. The summed E-state index contributed by atoms with van der Waals surface area (Å²) in [4.78, 5) is 23.8. The van der Waals surface area contributed by atoms with E-state index in [4.69, 9.17) is 0 Å². The molecule has 3 rings (SSSR count). The number of carbonyl (C=O) groups is 1. The van der Waals surface area contributed by atoms with Crippen LogP contribution in [0.1, 0.15) is 24.8 Å². The van der Waals surface area contributed by atoms with Gasteiger partial charge >= 0.3 is 0 Å². The van der Waals surface area contributed by atoms with Crippen LogP contribution in [0, 0.1) is 0 Å². The van der Waals surface area contributed by atoms with Crippen molar-refractivity contribution in [2.24, 2.45) is 0 Å². The van der Waals surface area contributed by atoms with E-state index in [-0.39, 0.29) is 23.4 Å². The first-order chi connectivity index (χ1) is 11.1. The zero-order valence-corrected chi connectivity index (χ0v) is 14.4. The number of nitrogens with one attached hydrogen (secondary N) is 1. The van der Waals surface area contributed by atoms with Crippen LogP contribution in [0.2, 0.25) is 0 Å². The van der Waals surface area contributed by atoms with Gasteiger partial charge in [0.25, 0.3) is 5.56 Å². The van der Waals surface area contributed by atoms with Gasteiger partial charge in [0.1, 0.15) is 6.54 Å². The third kappa shape index (κ3) is 3.55. The van der Waals surface area contributed by atoms with E-state index in [1.165, 1.54) is 22.6 Å². The van der Waals surface area contributed by atoms with Crippen molar-refractivity contribution in [3.8, 4) is 0 Å². The lowest BCUT2D eigenvalue weighted by Gasteiger charge is -2.42. The van der Waals surface area contributed by atoms with Gasteiger partial charge < -0.3 is 9.88 Å². The Balaban J connectivity index is 1.64. The molecule has 1 aromatic heterocycles. The summed E-state index contributed by atoms with van der Waals surface area (Å²) in [6.07, 6.45) is 4.99. The van der Waals surface area contributed by atoms with Gasteiger partial charge in [0.15, 0.2) is 0 Å². The van der Waals surface area contributed by atoms with Gasteiger partial charge in [-0.25, -0.2) is 0 Å². The minimum atomic E-state index is -0.158. The highest BCUT2D eigenvalue weighted by Gasteiger charge is 2.38. The predicted molar refractivity (Wildman–Crippen MR) is 93.4 cm³/mol. The first-order valence-corrected chi connectivity index (χ1v) is 8.57. The third-order valence-corrected chi connectivity index (χ3v) is 5.13. The van der Waals surface area contributed by atoms with Crippen LogP contribution in [0.15, 0.2) is 57.9 Å². The molecule has 1 N–H and O–H groups in total. The van der Waals surface area contributed by atoms with Crippen molar-refractivity contribution in [3.63, 3.8) is 0 Å². The molecule has 0 atom stereocenters. The maximum absolute atomic E-state index is 12.2. The Hall–Kier alpha value is -1.88. The second kappa shape index (κ2) is 6.71. The number of carbonyl (C=O) groups excluding carboxylic acids is 1.